The third kappa shape index (κ3) is 3.38. The van der Waals surface area contributed by atoms with Crippen molar-refractivity contribution < 1.29 is 0 Å². The van der Waals surface area contributed by atoms with Crippen molar-refractivity contribution in [3.05, 3.63) is 71.1 Å². The predicted octanol–water partition coefficient (Wildman–Crippen LogP) is 4.34. The Bertz CT molecular complexity index is 1410. The molecule has 34 heavy (non-hydrogen) atoms. The van der Waals surface area contributed by atoms with E-state index in [9.17, 15) is 0 Å². The zero-order chi connectivity index (χ0) is 23.2. The summed E-state index contributed by atoms with van der Waals surface area (Å²) in [6.07, 6.45) is 2.97. The van der Waals surface area contributed by atoms with Crippen LogP contribution in [0.4, 0.5) is 5.69 Å². The molecular weight excluding hydrogens is 446 g/mol. The minimum absolute atomic E-state index is 0.626. The number of nitriles is 1. The highest BCUT2D eigenvalue weighted by atomic mass is 35.5. The molecule has 2 aromatic carbocycles. The van der Waals surface area contributed by atoms with E-state index in [-0.39, 0.29) is 0 Å². The van der Waals surface area contributed by atoms with E-state index < -0.39 is 0 Å². The molecule has 2 aromatic heterocycles. The molecule has 4 aromatic rings. The molecule has 1 fully saturated rings. The number of hydrogen-bond donors (Lipinski definition) is 1. The molecule has 1 atom stereocenters. The van der Waals surface area contributed by atoms with Gasteiger partial charge in [-0.05, 0) is 73.5 Å². The topological polar surface area (TPSA) is 74.7 Å². The average Bonchev–Trinajstić information content (AvgIpc) is 3.58. The number of fused-ring (bicyclic) bond motifs is 5. The van der Waals surface area contributed by atoms with Gasteiger partial charge in [0.2, 0.25) is 0 Å². The van der Waals surface area contributed by atoms with Gasteiger partial charge in [-0.2, -0.15) is 5.26 Å². The number of aromatic nitrogens is 4. The van der Waals surface area contributed by atoms with Gasteiger partial charge in [0, 0.05) is 24.3 Å². The van der Waals surface area contributed by atoms with Gasteiger partial charge in [0.25, 0.3) is 0 Å². The lowest BCUT2D eigenvalue weighted by molar-refractivity contribution is 0.549. The molecule has 7 nitrogen and oxygen atoms in total. The molecule has 4 heterocycles. The highest BCUT2D eigenvalue weighted by Gasteiger charge is 2.27. The van der Waals surface area contributed by atoms with E-state index >= 15 is 0 Å². The first kappa shape index (κ1) is 21.0. The Hall–Kier alpha value is -3.60. The fraction of sp³-hybridized carbons (Fsp3) is 0.269. The summed E-state index contributed by atoms with van der Waals surface area (Å²) in [6.45, 7) is 3.83. The van der Waals surface area contributed by atoms with Gasteiger partial charge in [0.15, 0.2) is 5.82 Å². The lowest BCUT2D eigenvalue weighted by Gasteiger charge is -2.21. The van der Waals surface area contributed by atoms with Crippen LogP contribution in [0.25, 0.3) is 28.3 Å². The van der Waals surface area contributed by atoms with E-state index in [1.807, 2.05) is 35.9 Å². The average molecular weight is 470 g/mol. The lowest BCUT2D eigenvalue weighted by atomic mass is 10.1. The molecule has 0 saturated carbocycles. The van der Waals surface area contributed by atoms with Crippen LogP contribution in [0, 0.1) is 17.2 Å². The number of benzene rings is 2. The number of anilines is 1. The van der Waals surface area contributed by atoms with Gasteiger partial charge in [0.05, 0.1) is 29.6 Å². The maximum absolute atomic E-state index is 9.13. The molecule has 2 aliphatic rings. The monoisotopic (exact) mass is 469 g/mol. The summed E-state index contributed by atoms with van der Waals surface area (Å²) in [5.41, 5.74) is 6.94. The molecule has 1 N–H and O–H groups in total. The first-order valence-corrected chi connectivity index (χ1v) is 11.9. The molecule has 1 saturated heterocycles. The Morgan fingerprint density at radius 2 is 2.03 bits per heavy atom. The molecule has 0 bridgehead atoms. The number of nitrogens with one attached hydrogen (secondary N) is 1. The molecule has 2 aliphatic heterocycles. The van der Waals surface area contributed by atoms with Gasteiger partial charge in [-0.3, -0.25) is 4.57 Å². The molecule has 0 unspecified atom stereocenters. The van der Waals surface area contributed by atoms with Crippen LogP contribution in [0.3, 0.4) is 0 Å². The summed E-state index contributed by atoms with van der Waals surface area (Å²) >= 11 is 6.97. The van der Waals surface area contributed by atoms with Crippen LogP contribution in [-0.4, -0.2) is 46.0 Å². The van der Waals surface area contributed by atoms with Gasteiger partial charge in [-0.15, -0.1) is 10.2 Å². The summed E-state index contributed by atoms with van der Waals surface area (Å²) < 4.78 is 4.16. The van der Waals surface area contributed by atoms with Crippen LogP contribution in [0.1, 0.15) is 17.5 Å². The van der Waals surface area contributed by atoms with Crippen molar-refractivity contribution in [2.24, 2.45) is 5.92 Å². The summed E-state index contributed by atoms with van der Waals surface area (Å²) in [5.74, 6) is 1.44. The van der Waals surface area contributed by atoms with Crippen LogP contribution in [0.5, 0.6) is 0 Å². The standard InChI is InChI=1S/C26H24ClN7/c1-29-13-18-8-9-32(14-18)21-6-7-23-20(10-21)15-33-24(26-31-30-16-34(23)26)11-22(25(33)27)19-4-2-17(12-28)3-5-19/h2-7,10-11,16,18,29H,8-9,13-15H2,1H3/t18-/m1/s1. The minimum Gasteiger partial charge on any atom is -0.371 e. The molecule has 170 valence electrons. The van der Waals surface area contributed by atoms with Crippen molar-refractivity contribution in [1.29, 1.82) is 5.26 Å². The van der Waals surface area contributed by atoms with Gasteiger partial charge in [-0.25, -0.2) is 0 Å². The highest BCUT2D eigenvalue weighted by molar-refractivity contribution is 6.32. The van der Waals surface area contributed by atoms with Gasteiger partial charge in [0.1, 0.15) is 11.5 Å². The van der Waals surface area contributed by atoms with Crippen molar-refractivity contribution in [2.45, 2.75) is 13.0 Å². The number of rotatable bonds is 4. The van der Waals surface area contributed by atoms with Crippen LogP contribution in [0.15, 0.2) is 54.9 Å². The summed E-state index contributed by atoms with van der Waals surface area (Å²) in [6, 6.07) is 18.4. The number of hydrogen-bond acceptors (Lipinski definition) is 5. The zero-order valence-electron chi connectivity index (χ0n) is 18.9. The second kappa shape index (κ2) is 8.32. The molecule has 0 radical (unpaired) electrons. The molecule has 8 heteroatoms. The maximum atomic E-state index is 9.13. The van der Waals surface area contributed by atoms with Crippen molar-refractivity contribution in [3.8, 4) is 34.4 Å². The molecule has 0 spiro atoms. The summed E-state index contributed by atoms with van der Waals surface area (Å²) in [7, 11) is 2.02. The Labute approximate surface area is 203 Å². The second-order valence-electron chi connectivity index (χ2n) is 9.01. The van der Waals surface area contributed by atoms with Crippen LogP contribution in [0.2, 0.25) is 5.15 Å². The Morgan fingerprint density at radius 3 is 2.82 bits per heavy atom. The number of halogens is 1. The third-order valence-electron chi connectivity index (χ3n) is 6.93. The molecule has 0 aliphatic carbocycles. The van der Waals surface area contributed by atoms with Gasteiger partial charge < -0.3 is 14.8 Å². The largest absolute Gasteiger partial charge is 0.371 e. The van der Waals surface area contributed by atoms with E-state index in [1.54, 1.807) is 6.33 Å². The van der Waals surface area contributed by atoms with Crippen molar-refractivity contribution >= 4 is 17.3 Å². The molecular formula is C26H24ClN7. The quantitative estimate of drug-likeness (QED) is 0.424. The predicted molar refractivity (Wildman–Crippen MR) is 133 cm³/mol. The Morgan fingerprint density at radius 1 is 1.18 bits per heavy atom. The zero-order valence-corrected chi connectivity index (χ0v) is 19.6. The van der Waals surface area contributed by atoms with E-state index in [0.29, 0.717) is 23.2 Å². The van der Waals surface area contributed by atoms with Gasteiger partial charge >= 0.3 is 0 Å². The second-order valence-corrected chi connectivity index (χ2v) is 9.36. The van der Waals surface area contributed by atoms with Gasteiger partial charge in [-0.1, -0.05) is 23.7 Å². The first-order chi connectivity index (χ1) is 16.7. The minimum atomic E-state index is 0.626. The molecule has 0 amide bonds. The normalized spacial score (nSPS) is 16.5. The smallest absolute Gasteiger partial charge is 0.185 e. The SMILES string of the molecule is CNC[C@H]1CCN(c2ccc3c(c2)Cn2c(cc(-c4ccc(C#N)cc4)c2Cl)-c2nncn2-3)C1. The highest BCUT2D eigenvalue weighted by Crippen LogP contribution is 2.40. The van der Waals surface area contributed by atoms with Crippen molar-refractivity contribution in [1.82, 2.24) is 24.6 Å². The van der Waals surface area contributed by atoms with E-state index in [2.05, 4.69) is 55.3 Å². The van der Waals surface area contributed by atoms with Crippen LogP contribution in [-0.2, 0) is 6.54 Å². The van der Waals surface area contributed by atoms with E-state index in [0.717, 1.165) is 48.0 Å². The summed E-state index contributed by atoms with van der Waals surface area (Å²) in [4.78, 5) is 2.47. The lowest BCUT2D eigenvalue weighted by Crippen LogP contribution is -2.24. The van der Waals surface area contributed by atoms with Crippen molar-refractivity contribution in [2.75, 3.05) is 31.6 Å². The molecule has 6 rings (SSSR count). The number of nitrogens with zero attached hydrogens (tertiary/aromatic N) is 6. The fourth-order valence-corrected chi connectivity index (χ4v) is 5.52. The third-order valence-corrected chi connectivity index (χ3v) is 7.34. The fourth-order valence-electron chi connectivity index (χ4n) is 5.20. The Balaban J connectivity index is 1.42. The Kier molecular flexibility index (Phi) is 5.13. The maximum Gasteiger partial charge on any atom is 0.185 e. The van der Waals surface area contributed by atoms with E-state index in [4.69, 9.17) is 16.9 Å². The first-order valence-electron chi connectivity index (χ1n) is 11.5. The van der Waals surface area contributed by atoms with E-state index in [1.165, 1.54) is 17.7 Å². The van der Waals surface area contributed by atoms with Crippen molar-refractivity contribution in [3.63, 3.8) is 0 Å². The summed E-state index contributed by atoms with van der Waals surface area (Å²) in [5, 5.41) is 21.7. The van der Waals surface area contributed by atoms with Crippen LogP contribution >= 0.6 is 11.6 Å². The van der Waals surface area contributed by atoms with Crippen LogP contribution < -0.4 is 10.2 Å².